The molecule has 112 valence electrons. The molecule has 2 aliphatic carbocycles. The smallest absolute Gasteiger partial charge is 0.226 e. The number of aryl methyl sites for hydroxylation is 1. The number of rotatable bonds is 2. The van der Waals surface area contributed by atoms with Crippen molar-refractivity contribution in [2.45, 2.75) is 38.2 Å². The van der Waals surface area contributed by atoms with Crippen molar-refractivity contribution in [1.82, 2.24) is 4.90 Å². The van der Waals surface area contributed by atoms with E-state index in [2.05, 4.69) is 24.3 Å². The van der Waals surface area contributed by atoms with Crippen molar-refractivity contribution in [3.05, 3.63) is 35.4 Å². The lowest BCUT2D eigenvalue weighted by atomic mass is 9.92. The Balaban J connectivity index is 1.49. The summed E-state index contributed by atoms with van der Waals surface area (Å²) in [5, 5.41) is 9.70. The van der Waals surface area contributed by atoms with Crippen LogP contribution in [0.5, 0.6) is 0 Å². The number of hydrogen-bond donors (Lipinski definition) is 1. The molecule has 4 rings (SSSR count). The molecule has 1 amide bonds. The number of carbonyl (C=O) groups is 1. The summed E-state index contributed by atoms with van der Waals surface area (Å²) in [4.78, 5) is 14.8. The molecular weight excluding hydrogens is 262 g/mol. The lowest BCUT2D eigenvalue weighted by Gasteiger charge is -2.18. The molecule has 0 bridgehead atoms. The summed E-state index contributed by atoms with van der Waals surface area (Å²) in [6, 6.07) is 8.62. The number of aliphatic hydroxyl groups excluding tert-OH is 1. The van der Waals surface area contributed by atoms with Crippen molar-refractivity contribution < 1.29 is 9.90 Å². The standard InChI is InChI=1S/C18H23NO2/c1-11(20)13-8-9-19(10-13)18(21)17-15-7-6-12-4-2-3-5-14(12)16(15)17/h2-5,11,13,15-17,20H,6-10H2,1H3. The minimum atomic E-state index is -0.301. The Morgan fingerprint density at radius 2 is 2.14 bits per heavy atom. The van der Waals surface area contributed by atoms with Gasteiger partial charge >= 0.3 is 0 Å². The predicted octanol–water partition coefficient (Wildman–Crippen LogP) is 2.19. The Morgan fingerprint density at radius 1 is 1.33 bits per heavy atom. The third-order valence-corrected chi connectivity index (χ3v) is 5.83. The number of amides is 1. The van der Waals surface area contributed by atoms with Crippen molar-refractivity contribution in [3.8, 4) is 0 Å². The first kappa shape index (κ1) is 13.3. The van der Waals surface area contributed by atoms with Gasteiger partial charge in [0.1, 0.15) is 0 Å². The van der Waals surface area contributed by atoms with E-state index < -0.39 is 0 Å². The van der Waals surface area contributed by atoms with Crippen LogP contribution < -0.4 is 0 Å². The molecular formula is C18H23NO2. The summed E-state index contributed by atoms with van der Waals surface area (Å²) in [6.07, 6.45) is 2.93. The zero-order valence-corrected chi connectivity index (χ0v) is 12.5. The Bertz CT molecular complexity index is 568. The molecule has 5 atom stereocenters. The highest BCUT2D eigenvalue weighted by atomic mass is 16.3. The van der Waals surface area contributed by atoms with E-state index in [1.54, 1.807) is 0 Å². The van der Waals surface area contributed by atoms with Gasteiger partial charge in [0.2, 0.25) is 5.91 Å². The number of aliphatic hydroxyl groups is 1. The number of hydrogen-bond acceptors (Lipinski definition) is 2. The first-order chi connectivity index (χ1) is 10.2. The first-order valence-corrected chi connectivity index (χ1v) is 8.21. The van der Waals surface area contributed by atoms with E-state index in [9.17, 15) is 9.90 Å². The van der Waals surface area contributed by atoms with Gasteiger partial charge in [0.15, 0.2) is 0 Å². The second kappa shape index (κ2) is 4.84. The molecule has 2 fully saturated rings. The molecule has 3 aliphatic rings. The summed E-state index contributed by atoms with van der Waals surface area (Å²) in [5.41, 5.74) is 2.86. The second-order valence-corrected chi connectivity index (χ2v) is 7.03. The quantitative estimate of drug-likeness (QED) is 0.905. The maximum absolute atomic E-state index is 12.8. The highest BCUT2D eigenvalue weighted by molar-refractivity contribution is 5.84. The largest absolute Gasteiger partial charge is 0.393 e. The minimum Gasteiger partial charge on any atom is -0.393 e. The van der Waals surface area contributed by atoms with Crippen LogP contribution in [0, 0.1) is 17.8 Å². The van der Waals surface area contributed by atoms with E-state index >= 15 is 0 Å². The molecule has 0 spiro atoms. The number of carbonyl (C=O) groups excluding carboxylic acids is 1. The monoisotopic (exact) mass is 285 g/mol. The van der Waals surface area contributed by atoms with Crippen molar-refractivity contribution in [2.75, 3.05) is 13.1 Å². The Kier molecular flexibility index (Phi) is 3.07. The summed E-state index contributed by atoms with van der Waals surface area (Å²) in [6.45, 7) is 3.41. The summed E-state index contributed by atoms with van der Waals surface area (Å²) < 4.78 is 0. The fraction of sp³-hybridized carbons (Fsp3) is 0.611. The van der Waals surface area contributed by atoms with Gasteiger partial charge in [0.25, 0.3) is 0 Å². The zero-order chi connectivity index (χ0) is 14.6. The normalized spacial score (nSPS) is 35.0. The molecule has 21 heavy (non-hydrogen) atoms. The van der Waals surface area contributed by atoms with Gasteiger partial charge in [0.05, 0.1) is 6.10 Å². The van der Waals surface area contributed by atoms with Gasteiger partial charge in [-0.25, -0.2) is 0 Å². The van der Waals surface area contributed by atoms with Gasteiger partial charge < -0.3 is 10.0 Å². The van der Waals surface area contributed by atoms with Gasteiger partial charge in [-0.05, 0) is 49.1 Å². The lowest BCUT2D eigenvalue weighted by Crippen LogP contribution is -2.32. The lowest BCUT2D eigenvalue weighted by molar-refractivity contribution is -0.132. The molecule has 5 unspecified atom stereocenters. The Hall–Kier alpha value is -1.35. The number of fused-ring (bicyclic) bond motifs is 3. The van der Waals surface area contributed by atoms with Crippen LogP contribution in [0.4, 0.5) is 0 Å². The molecule has 1 aliphatic heterocycles. The highest BCUT2D eigenvalue weighted by Crippen LogP contribution is 2.60. The molecule has 0 radical (unpaired) electrons. The Labute approximate surface area is 126 Å². The summed E-state index contributed by atoms with van der Waals surface area (Å²) in [5.74, 6) is 1.85. The third-order valence-electron chi connectivity index (χ3n) is 5.83. The van der Waals surface area contributed by atoms with Gasteiger partial charge in [-0.15, -0.1) is 0 Å². The molecule has 1 aromatic carbocycles. The summed E-state index contributed by atoms with van der Waals surface area (Å²) >= 11 is 0. The Morgan fingerprint density at radius 3 is 2.90 bits per heavy atom. The van der Waals surface area contributed by atoms with Crippen molar-refractivity contribution >= 4 is 5.91 Å². The van der Waals surface area contributed by atoms with Crippen LogP contribution in [0.1, 0.15) is 36.8 Å². The van der Waals surface area contributed by atoms with Gasteiger partial charge in [-0.3, -0.25) is 4.79 Å². The molecule has 1 aromatic rings. The average molecular weight is 285 g/mol. The van der Waals surface area contributed by atoms with Crippen LogP contribution >= 0.6 is 0 Å². The van der Waals surface area contributed by atoms with Crippen LogP contribution in [0.15, 0.2) is 24.3 Å². The van der Waals surface area contributed by atoms with Gasteiger partial charge in [-0.1, -0.05) is 24.3 Å². The van der Waals surface area contributed by atoms with Gasteiger partial charge in [0, 0.05) is 24.9 Å². The highest BCUT2D eigenvalue weighted by Gasteiger charge is 2.58. The van der Waals surface area contributed by atoms with Crippen LogP contribution in [-0.4, -0.2) is 35.1 Å². The van der Waals surface area contributed by atoms with E-state index in [1.807, 2.05) is 11.8 Å². The fourth-order valence-electron chi connectivity index (χ4n) is 4.50. The zero-order valence-electron chi connectivity index (χ0n) is 12.5. The maximum atomic E-state index is 12.8. The second-order valence-electron chi connectivity index (χ2n) is 7.03. The molecule has 1 heterocycles. The number of benzene rings is 1. The van der Waals surface area contributed by atoms with Crippen LogP contribution in [-0.2, 0) is 11.2 Å². The summed E-state index contributed by atoms with van der Waals surface area (Å²) in [7, 11) is 0. The number of nitrogens with zero attached hydrogens (tertiary/aromatic N) is 1. The molecule has 1 saturated carbocycles. The molecule has 3 heteroatoms. The van der Waals surface area contributed by atoms with E-state index in [-0.39, 0.29) is 17.9 Å². The first-order valence-electron chi connectivity index (χ1n) is 8.21. The molecule has 0 aromatic heterocycles. The van der Waals surface area contributed by atoms with E-state index in [0.717, 1.165) is 32.4 Å². The number of likely N-dealkylation sites (tertiary alicyclic amines) is 1. The molecule has 3 nitrogen and oxygen atoms in total. The predicted molar refractivity (Wildman–Crippen MR) is 80.9 cm³/mol. The van der Waals surface area contributed by atoms with Crippen molar-refractivity contribution in [2.24, 2.45) is 17.8 Å². The van der Waals surface area contributed by atoms with E-state index in [0.29, 0.717) is 17.7 Å². The molecule has 1 N–H and O–H groups in total. The minimum absolute atomic E-state index is 0.210. The van der Waals surface area contributed by atoms with E-state index in [1.165, 1.54) is 11.1 Å². The van der Waals surface area contributed by atoms with Gasteiger partial charge in [-0.2, -0.15) is 0 Å². The van der Waals surface area contributed by atoms with Crippen molar-refractivity contribution in [1.29, 1.82) is 0 Å². The molecule has 1 saturated heterocycles. The maximum Gasteiger partial charge on any atom is 0.226 e. The van der Waals surface area contributed by atoms with Crippen molar-refractivity contribution in [3.63, 3.8) is 0 Å². The SMILES string of the molecule is CC(O)C1CCN(C(=O)C2C3CCc4ccccc4C32)C1. The average Bonchev–Trinajstić information content (AvgIpc) is 3.02. The fourth-order valence-corrected chi connectivity index (χ4v) is 4.50. The third kappa shape index (κ3) is 2.10. The van der Waals surface area contributed by atoms with E-state index in [4.69, 9.17) is 0 Å². The topological polar surface area (TPSA) is 40.5 Å². The van der Waals surface area contributed by atoms with Crippen LogP contribution in [0.2, 0.25) is 0 Å². The van der Waals surface area contributed by atoms with Crippen LogP contribution in [0.25, 0.3) is 0 Å². The van der Waals surface area contributed by atoms with Crippen LogP contribution in [0.3, 0.4) is 0 Å².